The molecule has 3 amide bonds. The smallest absolute Gasteiger partial charge is 0.321 e. The number of nitrogens with one attached hydrogen (secondary N) is 2. The van der Waals surface area contributed by atoms with Gasteiger partial charge in [0.2, 0.25) is 5.91 Å². The summed E-state index contributed by atoms with van der Waals surface area (Å²) in [6.45, 7) is 0. The van der Waals surface area contributed by atoms with E-state index in [2.05, 4.69) is 28.8 Å². The van der Waals surface area contributed by atoms with Crippen molar-refractivity contribution >= 4 is 23.7 Å². The monoisotopic (exact) mass is 290 g/mol. The van der Waals surface area contributed by atoms with Crippen LogP contribution in [0.25, 0.3) is 0 Å². The molecule has 1 aromatic carbocycles. The molecule has 106 valence electrons. The molecule has 1 aromatic rings. The SMILES string of the molecule is O=C(CSc1ccc2c(c1)CCC2)NC(=O)NC1CC1. The number of rotatable bonds is 4. The van der Waals surface area contributed by atoms with E-state index in [1.807, 2.05) is 0 Å². The predicted octanol–water partition coefficient (Wildman–Crippen LogP) is 2.26. The lowest BCUT2D eigenvalue weighted by Gasteiger charge is -2.06. The number of imide groups is 1. The number of amides is 3. The standard InChI is InChI=1S/C15H18N2O2S/c18-14(17-15(19)16-12-5-6-12)9-20-13-7-4-10-2-1-3-11(10)8-13/h4,7-8,12H,1-3,5-6,9H2,(H2,16,17,18,19). The normalized spacial score (nSPS) is 16.6. The number of aryl methyl sites for hydroxylation is 2. The minimum Gasteiger partial charge on any atom is -0.335 e. The van der Waals surface area contributed by atoms with Crippen LogP contribution in [-0.2, 0) is 17.6 Å². The highest BCUT2D eigenvalue weighted by atomic mass is 32.2. The molecule has 20 heavy (non-hydrogen) atoms. The summed E-state index contributed by atoms with van der Waals surface area (Å²) in [7, 11) is 0. The summed E-state index contributed by atoms with van der Waals surface area (Å²) in [4.78, 5) is 24.2. The van der Waals surface area contributed by atoms with Crippen molar-refractivity contribution in [1.29, 1.82) is 0 Å². The largest absolute Gasteiger partial charge is 0.335 e. The van der Waals surface area contributed by atoms with E-state index in [9.17, 15) is 9.59 Å². The third-order valence-corrected chi connectivity index (χ3v) is 4.60. The van der Waals surface area contributed by atoms with Crippen LogP contribution in [0.4, 0.5) is 4.79 Å². The average Bonchev–Trinajstić information content (AvgIpc) is 3.10. The Morgan fingerprint density at radius 1 is 1.20 bits per heavy atom. The number of benzene rings is 1. The molecule has 4 nitrogen and oxygen atoms in total. The summed E-state index contributed by atoms with van der Waals surface area (Å²) >= 11 is 1.48. The van der Waals surface area contributed by atoms with E-state index in [1.54, 1.807) is 0 Å². The molecule has 2 aliphatic carbocycles. The van der Waals surface area contributed by atoms with Gasteiger partial charge < -0.3 is 5.32 Å². The Morgan fingerprint density at radius 2 is 2.00 bits per heavy atom. The van der Waals surface area contributed by atoms with E-state index in [4.69, 9.17) is 0 Å². The minimum atomic E-state index is -0.368. The summed E-state index contributed by atoms with van der Waals surface area (Å²) in [5.74, 6) is 0.0327. The molecule has 1 saturated carbocycles. The highest BCUT2D eigenvalue weighted by Gasteiger charge is 2.23. The van der Waals surface area contributed by atoms with Gasteiger partial charge in [0.05, 0.1) is 5.75 Å². The molecular weight excluding hydrogens is 272 g/mol. The summed E-state index contributed by atoms with van der Waals surface area (Å²) < 4.78 is 0. The van der Waals surface area contributed by atoms with Crippen LogP contribution in [0.15, 0.2) is 23.1 Å². The van der Waals surface area contributed by atoms with Crippen molar-refractivity contribution in [3.8, 4) is 0 Å². The summed E-state index contributed by atoms with van der Waals surface area (Å²) in [6, 6.07) is 6.29. The quantitative estimate of drug-likeness (QED) is 0.836. The van der Waals surface area contributed by atoms with Crippen molar-refractivity contribution < 1.29 is 9.59 Å². The molecular formula is C15H18N2O2S. The van der Waals surface area contributed by atoms with Crippen LogP contribution >= 0.6 is 11.8 Å². The fraction of sp³-hybridized carbons (Fsp3) is 0.467. The van der Waals surface area contributed by atoms with Crippen LogP contribution in [0, 0.1) is 0 Å². The molecule has 0 bridgehead atoms. The summed E-state index contributed by atoms with van der Waals surface area (Å²) in [5.41, 5.74) is 2.84. The minimum absolute atomic E-state index is 0.242. The highest BCUT2D eigenvalue weighted by molar-refractivity contribution is 8.00. The molecule has 2 N–H and O–H groups in total. The Balaban J connectivity index is 1.46. The first-order valence-corrected chi connectivity index (χ1v) is 8.04. The first-order valence-electron chi connectivity index (χ1n) is 7.05. The first kappa shape index (κ1) is 13.5. The maximum atomic E-state index is 11.7. The zero-order chi connectivity index (χ0) is 13.9. The van der Waals surface area contributed by atoms with Crippen LogP contribution in [0.2, 0.25) is 0 Å². The van der Waals surface area contributed by atoms with Crippen molar-refractivity contribution in [1.82, 2.24) is 10.6 Å². The Kier molecular flexibility index (Phi) is 3.96. The Bertz CT molecular complexity index is 541. The van der Waals surface area contributed by atoms with Crippen molar-refractivity contribution in [2.45, 2.75) is 43.0 Å². The second kappa shape index (κ2) is 5.87. The second-order valence-electron chi connectivity index (χ2n) is 5.37. The second-order valence-corrected chi connectivity index (χ2v) is 6.42. The molecule has 0 radical (unpaired) electrons. The lowest BCUT2D eigenvalue weighted by Crippen LogP contribution is -2.41. The van der Waals surface area contributed by atoms with Crippen molar-refractivity contribution in [3.05, 3.63) is 29.3 Å². The van der Waals surface area contributed by atoms with Gasteiger partial charge in [-0.05, 0) is 55.4 Å². The number of carbonyl (C=O) groups excluding carboxylic acids is 2. The Labute approximate surface area is 122 Å². The van der Waals surface area contributed by atoms with Gasteiger partial charge in [0.1, 0.15) is 0 Å². The number of thioether (sulfide) groups is 1. The van der Waals surface area contributed by atoms with Gasteiger partial charge in [-0.2, -0.15) is 0 Å². The number of hydrogen-bond acceptors (Lipinski definition) is 3. The summed E-state index contributed by atoms with van der Waals surface area (Å²) in [6.07, 6.45) is 5.57. The summed E-state index contributed by atoms with van der Waals surface area (Å²) in [5, 5.41) is 5.10. The van der Waals surface area contributed by atoms with Crippen molar-refractivity contribution in [3.63, 3.8) is 0 Å². The van der Waals surface area contributed by atoms with E-state index in [0.29, 0.717) is 0 Å². The fourth-order valence-corrected chi connectivity index (χ4v) is 3.16. The average molecular weight is 290 g/mol. The molecule has 1 fully saturated rings. The van der Waals surface area contributed by atoms with Crippen LogP contribution < -0.4 is 10.6 Å². The maximum absolute atomic E-state index is 11.7. The highest BCUT2D eigenvalue weighted by Crippen LogP contribution is 2.27. The zero-order valence-electron chi connectivity index (χ0n) is 11.3. The molecule has 0 unspecified atom stereocenters. The van der Waals surface area contributed by atoms with E-state index < -0.39 is 0 Å². The van der Waals surface area contributed by atoms with Crippen LogP contribution in [0.1, 0.15) is 30.4 Å². The molecule has 2 aliphatic rings. The van der Waals surface area contributed by atoms with E-state index in [-0.39, 0.29) is 23.7 Å². The number of carbonyl (C=O) groups is 2. The number of fused-ring (bicyclic) bond motifs is 1. The topological polar surface area (TPSA) is 58.2 Å². The van der Waals surface area contributed by atoms with Gasteiger partial charge in [-0.1, -0.05) is 6.07 Å². The van der Waals surface area contributed by atoms with Gasteiger partial charge in [0, 0.05) is 10.9 Å². The van der Waals surface area contributed by atoms with Gasteiger partial charge in [0.25, 0.3) is 0 Å². The molecule has 0 aromatic heterocycles. The zero-order valence-corrected chi connectivity index (χ0v) is 12.1. The molecule has 0 atom stereocenters. The molecule has 5 heteroatoms. The number of urea groups is 1. The van der Waals surface area contributed by atoms with Crippen LogP contribution in [0.5, 0.6) is 0 Å². The maximum Gasteiger partial charge on any atom is 0.321 e. The van der Waals surface area contributed by atoms with Crippen molar-refractivity contribution in [2.24, 2.45) is 0 Å². The third kappa shape index (κ3) is 3.54. The lowest BCUT2D eigenvalue weighted by atomic mass is 10.1. The Morgan fingerprint density at radius 3 is 2.80 bits per heavy atom. The van der Waals surface area contributed by atoms with Crippen LogP contribution in [0.3, 0.4) is 0 Å². The molecule has 0 aliphatic heterocycles. The van der Waals surface area contributed by atoms with E-state index >= 15 is 0 Å². The predicted molar refractivity (Wildman–Crippen MR) is 78.9 cm³/mol. The number of hydrogen-bond donors (Lipinski definition) is 2. The van der Waals surface area contributed by atoms with Gasteiger partial charge >= 0.3 is 6.03 Å². The van der Waals surface area contributed by atoms with Gasteiger partial charge in [-0.3, -0.25) is 10.1 Å². The lowest BCUT2D eigenvalue weighted by molar-refractivity contribution is -0.117. The first-order chi connectivity index (χ1) is 9.70. The fourth-order valence-electron chi connectivity index (χ4n) is 2.40. The van der Waals surface area contributed by atoms with Crippen LogP contribution in [-0.4, -0.2) is 23.7 Å². The van der Waals surface area contributed by atoms with Crippen molar-refractivity contribution in [2.75, 3.05) is 5.75 Å². The van der Waals surface area contributed by atoms with Gasteiger partial charge in [-0.25, -0.2) is 4.79 Å². The Hall–Kier alpha value is -1.49. The molecule has 0 heterocycles. The van der Waals surface area contributed by atoms with Gasteiger partial charge in [-0.15, -0.1) is 11.8 Å². The van der Waals surface area contributed by atoms with E-state index in [1.165, 1.54) is 35.7 Å². The van der Waals surface area contributed by atoms with Gasteiger partial charge in [0.15, 0.2) is 0 Å². The molecule has 0 spiro atoms. The third-order valence-electron chi connectivity index (χ3n) is 3.61. The molecule has 3 rings (SSSR count). The van der Waals surface area contributed by atoms with E-state index in [0.717, 1.165) is 24.2 Å². The molecule has 0 saturated heterocycles.